The van der Waals surface area contributed by atoms with Gasteiger partial charge in [0.2, 0.25) is 5.91 Å². The molecule has 3 N–H and O–H groups in total. The minimum absolute atomic E-state index is 0.0000163. The van der Waals surface area contributed by atoms with Crippen molar-refractivity contribution in [3.63, 3.8) is 0 Å². The van der Waals surface area contributed by atoms with Crippen molar-refractivity contribution in [1.29, 1.82) is 0 Å². The molecule has 1 aliphatic heterocycles. The first-order valence-electron chi connectivity index (χ1n) is 12.5. The Morgan fingerprint density at radius 2 is 2.00 bits per heavy atom. The smallest absolute Gasteiger partial charge is 0.248 e. The van der Waals surface area contributed by atoms with E-state index in [2.05, 4.69) is 25.5 Å². The second-order valence-electron chi connectivity index (χ2n) is 9.44. The summed E-state index contributed by atoms with van der Waals surface area (Å²) >= 11 is 5.93. The molecule has 2 heterocycles. The molecule has 1 amide bonds. The van der Waals surface area contributed by atoms with Gasteiger partial charge in [-0.15, -0.1) is 0 Å². The van der Waals surface area contributed by atoms with E-state index >= 15 is 0 Å². The number of likely N-dealkylation sites (tertiary alicyclic amines) is 1. The number of amides is 1. The number of nitrogens with one attached hydrogen (secondary N) is 2. The quantitative estimate of drug-likeness (QED) is 0.354. The molecule has 37 heavy (non-hydrogen) atoms. The maximum absolute atomic E-state index is 13.6. The number of carbonyl (C=O) groups is 1. The van der Waals surface area contributed by atoms with Gasteiger partial charge >= 0.3 is 0 Å². The number of ether oxygens (including phenoxy) is 1. The lowest BCUT2D eigenvalue weighted by Gasteiger charge is -2.28. The summed E-state index contributed by atoms with van der Waals surface area (Å²) in [7, 11) is 0. The fourth-order valence-electron chi connectivity index (χ4n) is 4.34. The van der Waals surface area contributed by atoms with Crippen LogP contribution in [0.3, 0.4) is 0 Å². The molecule has 2 aromatic carbocycles. The Kier molecular flexibility index (Phi) is 7.83. The van der Waals surface area contributed by atoms with Crippen LogP contribution in [0.5, 0.6) is 5.75 Å². The summed E-state index contributed by atoms with van der Waals surface area (Å²) in [6.45, 7) is 2.27. The van der Waals surface area contributed by atoms with Gasteiger partial charge in [0.25, 0.3) is 0 Å². The van der Waals surface area contributed by atoms with Crippen molar-refractivity contribution in [3.05, 3.63) is 59.7 Å². The Bertz CT molecular complexity index is 1310. The van der Waals surface area contributed by atoms with E-state index in [1.54, 1.807) is 18.2 Å². The lowest BCUT2D eigenvalue weighted by Crippen LogP contribution is -2.35. The number of halogens is 2. The molecule has 1 aliphatic carbocycles. The second-order valence-corrected chi connectivity index (χ2v) is 9.84. The van der Waals surface area contributed by atoms with Gasteiger partial charge in [-0.2, -0.15) is 0 Å². The van der Waals surface area contributed by atoms with Gasteiger partial charge in [-0.25, -0.2) is 14.4 Å². The number of fused-ring (bicyclic) bond motifs is 1. The maximum atomic E-state index is 13.6. The van der Waals surface area contributed by atoms with E-state index in [0.717, 1.165) is 45.2 Å². The van der Waals surface area contributed by atoms with Gasteiger partial charge < -0.3 is 20.5 Å². The first-order valence-corrected chi connectivity index (χ1v) is 12.9. The van der Waals surface area contributed by atoms with Crippen LogP contribution in [-0.2, 0) is 4.79 Å². The molecule has 1 aromatic heterocycles. The van der Waals surface area contributed by atoms with Crippen molar-refractivity contribution in [1.82, 2.24) is 14.9 Å². The Hall–Kier alpha value is -3.27. The molecule has 3 aromatic rings. The summed E-state index contributed by atoms with van der Waals surface area (Å²) in [4.78, 5) is 23.7. The summed E-state index contributed by atoms with van der Waals surface area (Å²) in [5.74, 6) is 0.264. The number of nitrogens with zero attached hydrogens (tertiary/aromatic N) is 3. The fourth-order valence-corrected chi connectivity index (χ4v) is 4.52. The van der Waals surface area contributed by atoms with Gasteiger partial charge in [-0.3, -0.25) is 9.69 Å². The zero-order chi connectivity index (χ0) is 25.8. The number of rotatable bonds is 8. The highest BCUT2D eigenvalue weighted by atomic mass is 35.5. The summed E-state index contributed by atoms with van der Waals surface area (Å²) in [6.07, 6.45) is 9.22. The summed E-state index contributed by atoms with van der Waals surface area (Å²) in [5, 5.41) is 16.4. The van der Waals surface area contributed by atoms with Gasteiger partial charge in [0, 0.05) is 42.9 Å². The summed E-state index contributed by atoms with van der Waals surface area (Å²) < 4.78 is 19.8. The highest BCUT2D eigenvalue weighted by molar-refractivity contribution is 6.31. The van der Waals surface area contributed by atoms with Gasteiger partial charge in [0.15, 0.2) is 0 Å². The van der Waals surface area contributed by atoms with Crippen LogP contribution in [0.1, 0.15) is 32.1 Å². The Balaban J connectivity index is 1.37. The normalized spacial score (nSPS) is 17.2. The fraction of sp³-hybridized carbons (Fsp3) is 0.370. The average Bonchev–Trinajstić information content (AvgIpc) is 2.85. The standard InChI is InChI=1S/C27H29ClFN5O3/c28-21-13-17(6-7-22(21)29)32-27-20-14-24(25(37-19-3-1-4-19)15-23(20)30-16-31-27)33-26(36)5-2-10-34-11-8-18(35)9-12-34/h2,5-7,13-16,18-19,35H,1,3-4,8-12H2,(H,33,36)(H,30,31,32)/b5-2+. The highest BCUT2D eigenvalue weighted by Gasteiger charge is 2.22. The van der Waals surface area contributed by atoms with Gasteiger partial charge in [-0.05, 0) is 56.4 Å². The van der Waals surface area contributed by atoms with Crippen molar-refractivity contribution in [3.8, 4) is 5.75 Å². The molecule has 194 valence electrons. The minimum atomic E-state index is -0.506. The third kappa shape index (κ3) is 6.36. The van der Waals surface area contributed by atoms with Crippen molar-refractivity contribution in [2.24, 2.45) is 0 Å². The van der Waals surface area contributed by atoms with E-state index in [4.69, 9.17) is 16.3 Å². The predicted octanol–water partition coefficient (Wildman–Crippen LogP) is 5.05. The monoisotopic (exact) mass is 525 g/mol. The third-order valence-corrected chi connectivity index (χ3v) is 7.00. The molecule has 8 nitrogen and oxygen atoms in total. The number of aromatic nitrogens is 2. The number of aliphatic hydroxyl groups excluding tert-OH is 1. The van der Waals surface area contributed by atoms with Crippen LogP contribution < -0.4 is 15.4 Å². The molecule has 2 aliphatic rings. The molecule has 0 radical (unpaired) electrons. The molecule has 10 heteroatoms. The van der Waals surface area contributed by atoms with E-state index in [-0.39, 0.29) is 23.1 Å². The lowest BCUT2D eigenvalue weighted by molar-refractivity contribution is -0.112. The zero-order valence-corrected chi connectivity index (χ0v) is 21.0. The number of benzene rings is 2. The van der Waals surface area contributed by atoms with Gasteiger partial charge in [-0.1, -0.05) is 17.7 Å². The van der Waals surface area contributed by atoms with Crippen molar-refractivity contribution in [2.75, 3.05) is 30.3 Å². The molecule has 0 unspecified atom stereocenters. The number of anilines is 3. The highest BCUT2D eigenvalue weighted by Crippen LogP contribution is 2.36. The molecule has 0 atom stereocenters. The maximum Gasteiger partial charge on any atom is 0.248 e. The second kappa shape index (κ2) is 11.4. The molecule has 5 rings (SSSR count). The number of piperidine rings is 1. The van der Waals surface area contributed by atoms with E-state index in [0.29, 0.717) is 40.4 Å². The van der Waals surface area contributed by atoms with Gasteiger partial charge in [0.1, 0.15) is 23.7 Å². The van der Waals surface area contributed by atoms with Crippen molar-refractivity contribution < 1.29 is 19.0 Å². The van der Waals surface area contributed by atoms with Crippen LogP contribution in [0.2, 0.25) is 5.02 Å². The van der Waals surface area contributed by atoms with Crippen LogP contribution in [0, 0.1) is 5.82 Å². The number of hydrogen-bond acceptors (Lipinski definition) is 7. The lowest BCUT2D eigenvalue weighted by atomic mass is 9.96. The number of hydrogen-bond donors (Lipinski definition) is 3. The van der Waals surface area contributed by atoms with Crippen LogP contribution in [0.15, 0.2) is 48.8 Å². The molecule has 0 spiro atoms. The molecule has 1 saturated carbocycles. The third-order valence-electron chi connectivity index (χ3n) is 6.71. The van der Waals surface area contributed by atoms with Crippen LogP contribution >= 0.6 is 11.6 Å². The van der Waals surface area contributed by atoms with Crippen LogP contribution in [-0.4, -0.2) is 57.7 Å². The Morgan fingerprint density at radius 1 is 1.19 bits per heavy atom. The largest absolute Gasteiger partial charge is 0.488 e. The summed E-state index contributed by atoms with van der Waals surface area (Å²) in [5.41, 5.74) is 1.73. The van der Waals surface area contributed by atoms with Crippen molar-refractivity contribution in [2.45, 2.75) is 44.3 Å². The topological polar surface area (TPSA) is 99.6 Å². The molecule has 1 saturated heterocycles. The molecule has 2 fully saturated rings. The van der Waals surface area contributed by atoms with Crippen LogP contribution in [0.25, 0.3) is 10.9 Å². The zero-order valence-electron chi connectivity index (χ0n) is 20.3. The molecular weight excluding hydrogens is 497 g/mol. The predicted molar refractivity (Wildman–Crippen MR) is 142 cm³/mol. The molecule has 0 bridgehead atoms. The Labute approximate surface area is 219 Å². The van der Waals surface area contributed by atoms with Crippen LogP contribution in [0.4, 0.5) is 21.6 Å². The van der Waals surface area contributed by atoms with Crippen molar-refractivity contribution >= 4 is 45.6 Å². The Morgan fingerprint density at radius 3 is 2.73 bits per heavy atom. The number of aliphatic hydroxyl groups is 1. The SMILES string of the molecule is O=C(/C=C/CN1CCC(O)CC1)Nc1cc2c(Nc3ccc(F)c(Cl)c3)ncnc2cc1OC1CCC1. The number of carbonyl (C=O) groups excluding carboxylic acids is 1. The van der Waals surface area contributed by atoms with E-state index in [1.165, 1.54) is 24.5 Å². The first kappa shape index (κ1) is 25.4. The van der Waals surface area contributed by atoms with E-state index in [1.807, 2.05) is 6.08 Å². The first-order chi connectivity index (χ1) is 17.9. The molecular formula is C27H29ClFN5O3. The van der Waals surface area contributed by atoms with E-state index < -0.39 is 5.82 Å². The van der Waals surface area contributed by atoms with E-state index in [9.17, 15) is 14.3 Å². The van der Waals surface area contributed by atoms with Gasteiger partial charge in [0.05, 0.1) is 28.4 Å². The average molecular weight is 526 g/mol. The minimum Gasteiger partial charge on any atom is -0.488 e. The summed E-state index contributed by atoms with van der Waals surface area (Å²) in [6, 6.07) is 7.92.